The number of piperazine rings is 1. The van der Waals surface area contributed by atoms with Gasteiger partial charge in [0.2, 0.25) is 0 Å². The molecular formula is C38H37N5O6S2. The molecule has 0 bridgehead atoms. The molecule has 1 aliphatic rings. The third kappa shape index (κ3) is 9.06. The molecule has 6 rings (SSSR count). The molecule has 3 N–H and O–H groups in total. The number of aromatic hydroxyl groups is 1. The van der Waals surface area contributed by atoms with Crippen molar-refractivity contribution < 1.29 is 23.2 Å². The van der Waals surface area contributed by atoms with Crippen LogP contribution < -0.4 is 14.9 Å². The monoisotopic (exact) mass is 723 g/mol. The fraction of sp³-hybridized carbons (Fsp3) is 0.184. The van der Waals surface area contributed by atoms with Gasteiger partial charge in [-0.05, 0) is 77.4 Å². The van der Waals surface area contributed by atoms with E-state index >= 15 is 0 Å². The van der Waals surface area contributed by atoms with Crippen LogP contribution in [0, 0.1) is 10.1 Å². The van der Waals surface area contributed by atoms with Gasteiger partial charge in [-0.1, -0.05) is 54.6 Å². The van der Waals surface area contributed by atoms with Crippen molar-refractivity contribution in [3.63, 3.8) is 0 Å². The first kappa shape index (κ1) is 35.5. The van der Waals surface area contributed by atoms with Crippen molar-refractivity contribution in [2.75, 3.05) is 48.7 Å². The summed E-state index contributed by atoms with van der Waals surface area (Å²) < 4.78 is 28.3. The highest BCUT2D eigenvalue weighted by atomic mass is 32.2. The average Bonchev–Trinajstić information content (AvgIpc) is 3.14. The number of sulfonamides is 1. The summed E-state index contributed by atoms with van der Waals surface area (Å²) in [7, 11) is -4.39. The van der Waals surface area contributed by atoms with Crippen molar-refractivity contribution in [3.8, 4) is 16.9 Å². The van der Waals surface area contributed by atoms with Crippen molar-refractivity contribution in [2.24, 2.45) is 0 Å². The first-order valence-corrected chi connectivity index (χ1v) is 18.9. The lowest BCUT2D eigenvalue weighted by atomic mass is 9.99. The highest BCUT2D eigenvalue weighted by molar-refractivity contribution is 7.99. The molecule has 13 heteroatoms. The number of carbonyl (C=O) groups excluding carboxylic acids is 1. The number of phenols is 1. The Hall–Kier alpha value is -5.37. The quantitative estimate of drug-likeness (QED) is 0.0525. The molecule has 0 atom stereocenters. The zero-order chi connectivity index (χ0) is 35.8. The standard InChI is InChI=1S/C38H37N5O6S2/c44-32-16-12-28(13-17-32)35-9-5-4-6-30(35)27-41-21-23-42(24-22-41)31-14-10-29(11-15-31)38(45)40-51(48,49)34-18-19-36(37(26-34)43(46)47)39-20-25-50-33-7-2-1-3-8-33/h1-19,26,39,44H,20-25,27H2,(H,40,45). The lowest BCUT2D eigenvalue weighted by Crippen LogP contribution is -2.46. The maximum absolute atomic E-state index is 13.1. The van der Waals surface area contributed by atoms with Crippen molar-refractivity contribution in [1.82, 2.24) is 9.62 Å². The summed E-state index contributed by atoms with van der Waals surface area (Å²) in [6.07, 6.45) is 0. The van der Waals surface area contributed by atoms with Gasteiger partial charge in [0.25, 0.3) is 21.6 Å². The maximum Gasteiger partial charge on any atom is 0.293 e. The second-order valence-corrected chi connectivity index (χ2v) is 14.8. The van der Waals surface area contributed by atoms with E-state index in [2.05, 4.69) is 27.2 Å². The van der Waals surface area contributed by atoms with E-state index in [0.717, 1.165) is 60.5 Å². The van der Waals surface area contributed by atoms with Gasteiger partial charge in [-0.2, -0.15) is 0 Å². The molecule has 1 saturated heterocycles. The zero-order valence-corrected chi connectivity index (χ0v) is 29.3. The van der Waals surface area contributed by atoms with Gasteiger partial charge in [-0.3, -0.25) is 19.8 Å². The summed E-state index contributed by atoms with van der Waals surface area (Å²) in [4.78, 5) is 29.4. The number of phenolic OH excluding ortho intramolecular Hbond substituents is 1. The van der Waals surface area contributed by atoms with Crippen LogP contribution in [0.2, 0.25) is 0 Å². The minimum absolute atomic E-state index is 0.149. The van der Waals surface area contributed by atoms with Crippen LogP contribution in [0.4, 0.5) is 17.1 Å². The van der Waals surface area contributed by atoms with Crippen LogP contribution in [-0.4, -0.2) is 67.7 Å². The van der Waals surface area contributed by atoms with Crippen molar-refractivity contribution in [3.05, 3.63) is 143 Å². The van der Waals surface area contributed by atoms with E-state index in [9.17, 15) is 28.4 Å². The molecule has 0 aromatic heterocycles. The molecule has 51 heavy (non-hydrogen) atoms. The van der Waals surface area contributed by atoms with E-state index in [1.54, 1.807) is 48.2 Å². The van der Waals surface area contributed by atoms with Crippen molar-refractivity contribution in [1.29, 1.82) is 0 Å². The van der Waals surface area contributed by atoms with Gasteiger partial charge in [0.15, 0.2) is 0 Å². The normalized spacial score (nSPS) is 13.5. The number of carbonyl (C=O) groups is 1. The average molecular weight is 724 g/mol. The molecular weight excluding hydrogens is 687 g/mol. The van der Waals surface area contributed by atoms with Gasteiger partial charge in [-0.15, -0.1) is 11.8 Å². The second kappa shape index (κ2) is 16.1. The number of nitrogens with one attached hydrogen (secondary N) is 2. The van der Waals surface area contributed by atoms with E-state index < -0.39 is 26.5 Å². The summed E-state index contributed by atoms with van der Waals surface area (Å²) in [5.41, 5.74) is 4.24. The fourth-order valence-corrected chi connectivity index (χ4v) is 7.68. The number of hydrogen-bond acceptors (Lipinski definition) is 10. The van der Waals surface area contributed by atoms with Gasteiger partial charge >= 0.3 is 0 Å². The molecule has 5 aromatic carbocycles. The van der Waals surface area contributed by atoms with Crippen LogP contribution >= 0.6 is 11.8 Å². The Morgan fingerprint density at radius 3 is 2.24 bits per heavy atom. The lowest BCUT2D eigenvalue weighted by Gasteiger charge is -2.36. The smallest absolute Gasteiger partial charge is 0.293 e. The predicted octanol–water partition coefficient (Wildman–Crippen LogP) is 6.61. The molecule has 11 nitrogen and oxygen atoms in total. The Kier molecular flexibility index (Phi) is 11.2. The Bertz CT molecular complexity index is 2090. The highest BCUT2D eigenvalue weighted by Crippen LogP contribution is 2.29. The van der Waals surface area contributed by atoms with E-state index in [0.29, 0.717) is 12.3 Å². The van der Waals surface area contributed by atoms with Gasteiger partial charge in [0, 0.05) is 67.2 Å². The number of nitro groups is 1. The molecule has 1 heterocycles. The van der Waals surface area contributed by atoms with E-state index in [-0.39, 0.29) is 21.9 Å². The summed E-state index contributed by atoms with van der Waals surface area (Å²) >= 11 is 1.59. The predicted molar refractivity (Wildman–Crippen MR) is 201 cm³/mol. The number of hydrogen-bond donors (Lipinski definition) is 3. The topological polar surface area (TPSA) is 145 Å². The summed E-state index contributed by atoms with van der Waals surface area (Å²) in [6, 6.07) is 35.5. The first-order chi connectivity index (χ1) is 24.7. The molecule has 0 saturated carbocycles. The summed E-state index contributed by atoms with van der Waals surface area (Å²) in [5.74, 6) is 0.0461. The number of nitro benzene ring substituents is 1. The Morgan fingerprint density at radius 1 is 0.843 bits per heavy atom. The number of rotatable bonds is 13. The molecule has 0 unspecified atom stereocenters. The Labute approximate surface area is 301 Å². The second-order valence-electron chi connectivity index (χ2n) is 12.0. The van der Waals surface area contributed by atoms with E-state index in [4.69, 9.17) is 0 Å². The zero-order valence-electron chi connectivity index (χ0n) is 27.6. The number of anilines is 2. The number of amides is 1. The lowest BCUT2D eigenvalue weighted by molar-refractivity contribution is -0.384. The molecule has 1 amide bonds. The van der Waals surface area contributed by atoms with Gasteiger partial charge < -0.3 is 15.3 Å². The molecule has 0 aliphatic carbocycles. The minimum Gasteiger partial charge on any atom is -0.508 e. The van der Waals surface area contributed by atoms with Crippen LogP contribution in [0.3, 0.4) is 0 Å². The minimum atomic E-state index is -4.39. The molecule has 1 aliphatic heterocycles. The first-order valence-electron chi connectivity index (χ1n) is 16.4. The van der Waals surface area contributed by atoms with Crippen LogP contribution in [0.5, 0.6) is 5.75 Å². The van der Waals surface area contributed by atoms with Gasteiger partial charge in [0.05, 0.1) is 9.82 Å². The van der Waals surface area contributed by atoms with E-state index in [1.807, 2.05) is 59.3 Å². The number of nitrogens with zero attached hydrogens (tertiary/aromatic N) is 3. The Balaban J connectivity index is 1.03. The number of benzene rings is 5. The highest BCUT2D eigenvalue weighted by Gasteiger charge is 2.24. The van der Waals surface area contributed by atoms with Crippen molar-refractivity contribution in [2.45, 2.75) is 16.3 Å². The SMILES string of the molecule is O=C(NS(=O)(=O)c1ccc(NCCSc2ccccc2)c([N+](=O)[O-])c1)c1ccc(N2CCN(Cc3ccccc3-c3ccc(O)cc3)CC2)cc1. The number of thioether (sulfide) groups is 1. The molecule has 1 fully saturated rings. The maximum atomic E-state index is 13.1. The van der Waals surface area contributed by atoms with Crippen LogP contribution in [-0.2, 0) is 16.6 Å². The molecule has 262 valence electrons. The molecule has 0 radical (unpaired) electrons. The summed E-state index contributed by atoms with van der Waals surface area (Å²) in [5, 5.41) is 24.5. The van der Waals surface area contributed by atoms with Gasteiger partial charge in [-0.25, -0.2) is 13.1 Å². The third-order valence-electron chi connectivity index (χ3n) is 8.59. The third-order valence-corrected chi connectivity index (χ3v) is 10.9. The van der Waals surface area contributed by atoms with Crippen LogP contribution in [0.15, 0.2) is 131 Å². The molecule has 0 spiro atoms. The van der Waals surface area contributed by atoms with Crippen molar-refractivity contribution >= 4 is 44.8 Å². The largest absolute Gasteiger partial charge is 0.508 e. The van der Waals surface area contributed by atoms with Crippen LogP contribution in [0.25, 0.3) is 11.1 Å². The van der Waals surface area contributed by atoms with Crippen LogP contribution in [0.1, 0.15) is 15.9 Å². The summed E-state index contributed by atoms with van der Waals surface area (Å²) in [6.45, 7) is 4.42. The molecule has 5 aromatic rings. The van der Waals surface area contributed by atoms with Gasteiger partial charge in [0.1, 0.15) is 11.4 Å². The fourth-order valence-electron chi connectivity index (χ4n) is 5.90. The van der Waals surface area contributed by atoms with E-state index in [1.165, 1.54) is 17.7 Å². The Morgan fingerprint density at radius 2 is 1.53 bits per heavy atom.